The van der Waals surface area contributed by atoms with Crippen LogP contribution in [0.1, 0.15) is 32.3 Å². The molecule has 1 aliphatic heterocycles. The van der Waals surface area contributed by atoms with Crippen molar-refractivity contribution in [1.82, 2.24) is 19.4 Å². The van der Waals surface area contributed by atoms with Crippen molar-refractivity contribution < 1.29 is 9.18 Å². The number of hydrogen-bond acceptors (Lipinski definition) is 5. The lowest BCUT2D eigenvalue weighted by Gasteiger charge is -2.31. The number of aryl methyl sites for hydroxylation is 1. The number of amides is 1. The van der Waals surface area contributed by atoms with E-state index < -0.39 is 5.82 Å². The van der Waals surface area contributed by atoms with Gasteiger partial charge in [0, 0.05) is 48.5 Å². The van der Waals surface area contributed by atoms with E-state index in [-0.39, 0.29) is 17.0 Å². The second-order valence-corrected chi connectivity index (χ2v) is 9.05. The summed E-state index contributed by atoms with van der Waals surface area (Å²) in [7, 11) is 0. The molecule has 5 rings (SSSR count). The molecule has 0 N–H and O–H groups in total. The summed E-state index contributed by atoms with van der Waals surface area (Å²) >= 11 is 1.44. The Morgan fingerprint density at radius 1 is 1.15 bits per heavy atom. The SMILES string of the molecule is Cc1nc(C(=O)N2CCc3c(cc(-c4ccccc4F)c(=O)n3Cc3ccncc3)C2)cs1. The van der Waals surface area contributed by atoms with E-state index >= 15 is 0 Å². The van der Waals surface area contributed by atoms with Gasteiger partial charge in [-0.1, -0.05) is 18.2 Å². The zero-order valence-corrected chi connectivity index (χ0v) is 18.8. The van der Waals surface area contributed by atoms with Crippen LogP contribution in [-0.4, -0.2) is 31.9 Å². The Kier molecular flexibility index (Phi) is 5.60. The van der Waals surface area contributed by atoms with Crippen molar-refractivity contribution in [1.29, 1.82) is 0 Å². The highest BCUT2D eigenvalue weighted by Crippen LogP contribution is 2.27. The first-order valence-corrected chi connectivity index (χ1v) is 11.5. The van der Waals surface area contributed by atoms with Gasteiger partial charge in [0.15, 0.2) is 0 Å². The summed E-state index contributed by atoms with van der Waals surface area (Å²) in [4.78, 5) is 36.6. The van der Waals surface area contributed by atoms with Crippen LogP contribution >= 0.6 is 11.3 Å². The third-order valence-electron chi connectivity index (χ3n) is 5.85. The van der Waals surface area contributed by atoms with E-state index in [4.69, 9.17) is 0 Å². The Morgan fingerprint density at radius 3 is 2.67 bits per heavy atom. The van der Waals surface area contributed by atoms with Crippen molar-refractivity contribution in [2.75, 3.05) is 6.54 Å². The molecule has 166 valence electrons. The second-order valence-electron chi connectivity index (χ2n) is 7.99. The van der Waals surface area contributed by atoms with Crippen LogP contribution < -0.4 is 5.56 Å². The number of benzene rings is 1. The zero-order valence-electron chi connectivity index (χ0n) is 18.0. The molecule has 6 nitrogen and oxygen atoms in total. The van der Waals surface area contributed by atoms with Crippen LogP contribution in [0.5, 0.6) is 0 Å². The van der Waals surface area contributed by atoms with Crippen molar-refractivity contribution in [2.24, 2.45) is 0 Å². The molecule has 0 spiro atoms. The van der Waals surface area contributed by atoms with Crippen molar-refractivity contribution in [3.05, 3.63) is 104 Å². The minimum Gasteiger partial charge on any atom is -0.333 e. The molecule has 0 atom stereocenters. The van der Waals surface area contributed by atoms with E-state index in [1.807, 2.05) is 19.1 Å². The Balaban J connectivity index is 1.60. The number of fused-ring (bicyclic) bond motifs is 1. The largest absolute Gasteiger partial charge is 0.333 e. The smallest absolute Gasteiger partial charge is 0.273 e. The van der Waals surface area contributed by atoms with E-state index in [1.54, 1.807) is 51.5 Å². The van der Waals surface area contributed by atoms with E-state index in [1.165, 1.54) is 17.4 Å². The van der Waals surface area contributed by atoms with Gasteiger partial charge < -0.3 is 9.47 Å². The number of aromatic nitrogens is 3. The minimum atomic E-state index is -0.452. The van der Waals surface area contributed by atoms with Crippen molar-refractivity contribution >= 4 is 17.2 Å². The Hall–Kier alpha value is -3.65. The molecule has 0 radical (unpaired) electrons. The summed E-state index contributed by atoms with van der Waals surface area (Å²) in [6.07, 6.45) is 3.90. The van der Waals surface area contributed by atoms with Gasteiger partial charge in [-0.25, -0.2) is 9.37 Å². The highest BCUT2D eigenvalue weighted by atomic mass is 32.1. The molecule has 4 aromatic rings. The van der Waals surface area contributed by atoms with Crippen LogP contribution in [0.25, 0.3) is 11.1 Å². The quantitative estimate of drug-likeness (QED) is 0.461. The maximum Gasteiger partial charge on any atom is 0.273 e. The van der Waals surface area contributed by atoms with Crippen molar-refractivity contribution in [2.45, 2.75) is 26.4 Å². The fraction of sp³-hybridized carbons (Fsp3) is 0.200. The normalized spacial score (nSPS) is 13.1. The molecule has 1 aromatic carbocycles. The summed E-state index contributed by atoms with van der Waals surface area (Å²) in [5, 5.41) is 2.60. The summed E-state index contributed by atoms with van der Waals surface area (Å²) in [5.41, 5.74) is 3.37. The molecule has 0 saturated heterocycles. The van der Waals surface area contributed by atoms with Crippen LogP contribution in [0.3, 0.4) is 0 Å². The third-order valence-corrected chi connectivity index (χ3v) is 6.62. The molecule has 0 bridgehead atoms. The molecule has 1 amide bonds. The Labute approximate surface area is 194 Å². The van der Waals surface area contributed by atoms with Gasteiger partial charge in [0.25, 0.3) is 11.5 Å². The van der Waals surface area contributed by atoms with Gasteiger partial charge in [-0.05, 0) is 42.3 Å². The van der Waals surface area contributed by atoms with Gasteiger partial charge in [-0.15, -0.1) is 11.3 Å². The summed E-state index contributed by atoms with van der Waals surface area (Å²) < 4.78 is 16.4. The van der Waals surface area contributed by atoms with E-state index in [0.717, 1.165) is 21.8 Å². The van der Waals surface area contributed by atoms with Crippen molar-refractivity contribution in [3.63, 3.8) is 0 Å². The predicted octanol–water partition coefficient (Wildman–Crippen LogP) is 4.06. The average Bonchev–Trinajstić information content (AvgIpc) is 3.27. The molecule has 0 unspecified atom stereocenters. The van der Waals surface area contributed by atoms with Crippen LogP contribution in [0, 0.1) is 12.7 Å². The van der Waals surface area contributed by atoms with Gasteiger partial charge in [-0.3, -0.25) is 14.6 Å². The Morgan fingerprint density at radius 2 is 1.94 bits per heavy atom. The number of nitrogens with zero attached hydrogens (tertiary/aromatic N) is 4. The predicted molar refractivity (Wildman–Crippen MR) is 125 cm³/mol. The average molecular weight is 461 g/mol. The van der Waals surface area contributed by atoms with Gasteiger partial charge in [0.05, 0.1) is 17.1 Å². The highest BCUT2D eigenvalue weighted by Gasteiger charge is 2.27. The first-order valence-electron chi connectivity index (χ1n) is 10.6. The highest BCUT2D eigenvalue weighted by molar-refractivity contribution is 7.09. The zero-order chi connectivity index (χ0) is 22.9. The standard InChI is InChI=1S/C25H21FN4O2S/c1-16-28-22(15-33-16)25(32)29-11-8-23-18(14-29)12-20(19-4-2-3-5-21(19)26)24(31)30(23)13-17-6-9-27-10-7-17/h2-7,9-10,12,15H,8,11,13-14H2,1H3. The first-order chi connectivity index (χ1) is 16.0. The van der Waals surface area contributed by atoms with Gasteiger partial charge in [0.2, 0.25) is 0 Å². The fourth-order valence-corrected chi connectivity index (χ4v) is 4.81. The number of thiazole rings is 1. The molecule has 0 saturated carbocycles. The second kappa shape index (κ2) is 8.71. The lowest BCUT2D eigenvalue weighted by atomic mass is 9.98. The number of halogens is 1. The summed E-state index contributed by atoms with van der Waals surface area (Å²) in [6.45, 7) is 3.04. The van der Waals surface area contributed by atoms with Gasteiger partial charge in [0.1, 0.15) is 11.5 Å². The summed E-state index contributed by atoms with van der Waals surface area (Å²) in [6, 6.07) is 11.7. The Bertz CT molecular complexity index is 1400. The lowest BCUT2D eigenvalue weighted by Crippen LogP contribution is -2.39. The van der Waals surface area contributed by atoms with E-state index in [0.29, 0.717) is 37.3 Å². The monoisotopic (exact) mass is 460 g/mol. The number of pyridine rings is 2. The van der Waals surface area contributed by atoms with Crippen LogP contribution in [0.15, 0.2) is 65.0 Å². The molecule has 4 heterocycles. The lowest BCUT2D eigenvalue weighted by molar-refractivity contribution is 0.0727. The number of hydrogen-bond donors (Lipinski definition) is 0. The fourth-order valence-electron chi connectivity index (χ4n) is 4.23. The summed E-state index contributed by atoms with van der Waals surface area (Å²) in [5.74, 6) is -0.587. The first kappa shape index (κ1) is 21.2. The molecule has 3 aromatic heterocycles. The maximum atomic E-state index is 14.6. The number of rotatable bonds is 4. The minimum absolute atomic E-state index is 0.135. The third kappa shape index (κ3) is 4.09. The van der Waals surface area contributed by atoms with E-state index in [2.05, 4.69) is 9.97 Å². The number of carbonyl (C=O) groups excluding carboxylic acids is 1. The number of carbonyl (C=O) groups is 1. The molecular weight excluding hydrogens is 439 g/mol. The van der Waals surface area contributed by atoms with E-state index in [9.17, 15) is 14.0 Å². The van der Waals surface area contributed by atoms with Gasteiger partial charge in [-0.2, -0.15) is 0 Å². The topological polar surface area (TPSA) is 68.1 Å². The molecule has 33 heavy (non-hydrogen) atoms. The van der Waals surface area contributed by atoms with Crippen molar-refractivity contribution in [3.8, 4) is 11.1 Å². The van der Waals surface area contributed by atoms with Crippen LogP contribution in [0.2, 0.25) is 0 Å². The molecule has 8 heteroatoms. The van der Waals surface area contributed by atoms with Crippen LogP contribution in [-0.2, 0) is 19.5 Å². The van der Waals surface area contributed by atoms with Crippen LogP contribution in [0.4, 0.5) is 4.39 Å². The molecule has 0 aliphatic carbocycles. The molecule has 0 fully saturated rings. The maximum absolute atomic E-state index is 14.6. The molecule has 1 aliphatic rings. The molecular formula is C25H21FN4O2S. The van der Waals surface area contributed by atoms with Gasteiger partial charge >= 0.3 is 0 Å².